The zero-order valence-electron chi connectivity index (χ0n) is 14.0. The van der Waals surface area contributed by atoms with Gasteiger partial charge >= 0.3 is 18.0 Å². The van der Waals surface area contributed by atoms with Crippen LogP contribution in [0, 0.1) is 0 Å². The monoisotopic (exact) mass is 370 g/mol. The lowest BCUT2D eigenvalue weighted by molar-refractivity contribution is -0.140. The fraction of sp³-hybridized carbons (Fsp3) is 0.438. The first-order valence-electron chi connectivity index (χ1n) is 7.87. The molecule has 1 atom stereocenters. The molecule has 0 aromatic heterocycles. The minimum Gasteiger partial charge on any atom is -0.481 e. The highest BCUT2D eigenvalue weighted by molar-refractivity contribution is 5.81. The van der Waals surface area contributed by atoms with Gasteiger partial charge in [0.05, 0.1) is 13.2 Å². The van der Waals surface area contributed by atoms with Gasteiger partial charge in [-0.15, -0.1) is 0 Å². The maximum atomic E-state index is 11.8. The Balaban J connectivity index is 2.65. The molecule has 10 heteroatoms. The molecule has 5 N–H and O–H groups in total. The number of benzene rings is 1. The Labute approximate surface area is 149 Å². The second-order valence-electron chi connectivity index (χ2n) is 5.29. The lowest BCUT2D eigenvalue weighted by Crippen LogP contribution is -2.42. The summed E-state index contributed by atoms with van der Waals surface area (Å²) < 4.78 is 4.98. The van der Waals surface area contributed by atoms with Crippen LogP contribution in [-0.4, -0.2) is 70.8 Å². The van der Waals surface area contributed by atoms with Crippen LogP contribution in [0.3, 0.4) is 0 Å². The molecule has 0 bridgehead atoms. The van der Waals surface area contributed by atoms with Crippen LogP contribution in [0.2, 0.25) is 0 Å². The van der Waals surface area contributed by atoms with Crippen LogP contribution in [0.5, 0.6) is 5.75 Å². The van der Waals surface area contributed by atoms with E-state index < -0.39 is 30.5 Å². The quantitative estimate of drug-likeness (QED) is 0.358. The molecule has 0 heterocycles. The zero-order valence-corrected chi connectivity index (χ0v) is 14.0. The number of carboxylic acids is 2. The Morgan fingerprint density at radius 3 is 2.08 bits per heavy atom. The van der Waals surface area contributed by atoms with Crippen molar-refractivity contribution < 1.29 is 39.5 Å². The van der Waals surface area contributed by atoms with Gasteiger partial charge in [-0.3, -0.25) is 4.79 Å². The highest BCUT2D eigenvalue weighted by Gasteiger charge is 2.22. The number of hydrogen-bond acceptors (Lipinski definition) is 7. The first-order valence-corrected chi connectivity index (χ1v) is 7.87. The van der Waals surface area contributed by atoms with E-state index in [1.807, 2.05) is 0 Å². The van der Waals surface area contributed by atoms with Crippen molar-refractivity contribution in [3.8, 4) is 5.75 Å². The van der Waals surface area contributed by atoms with E-state index in [2.05, 4.69) is 5.32 Å². The van der Waals surface area contributed by atoms with Gasteiger partial charge in [0.15, 0.2) is 0 Å². The lowest BCUT2D eigenvalue weighted by Gasteiger charge is -2.23. The second-order valence-corrected chi connectivity index (χ2v) is 5.29. The summed E-state index contributed by atoms with van der Waals surface area (Å²) in [7, 11) is 0. The number of amides is 1. The molecule has 1 aromatic carbocycles. The molecule has 1 rings (SSSR count). The number of rotatable bonds is 11. The average Bonchev–Trinajstić information content (AvgIpc) is 2.58. The Hall–Kier alpha value is -2.85. The largest absolute Gasteiger partial charge is 0.481 e. The second kappa shape index (κ2) is 10.9. The summed E-state index contributed by atoms with van der Waals surface area (Å²) >= 11 is 0. The third kappa shape index (κ3) is 7.36. The van der Waals surface area contributed by atoms with Gasteiger partial charge in [0.25, 0.3) is 0 Å². The van der Waals surface area contributed by atoms with Crippen LogP contribution in [0.25, 0.3) is 0 Å². The molecule has 144 valence electrons. The van der Waals surface area contributed by atoms with Crippen LogP contribution in [0.4, 0.5) is 10.5 Å². The third-order valence-electron chi connectivity index (χ3n) is 3.39. The highest BCUT2D eigenvalue weighted by Crippen LogP contribution is 2.19. The van der Waals surface area contributed by atoms with Crippen molar-refractivity contribution in [1.82, 2.24) is 5.32 Å². The first kappa shape index (κ1) is 21.2. The average molecular weight is 370 g/mol. The fourth-order valence-corrected chi connectivity index (χ4v) is 2.14. The van der Waals surface area contributed by atoms with E-state index in [-0.39, 0.29) is 25.4 Å². The van der Waals surface area contributed by atoms with Gasteiger partial charge in [-0.1, -0.05) is 0 Å². The van der Waals surface area contributed by atoms with Crippen LogP contribution in [-0.2, 0) is 9.59 Å². The van der Waals surface area contributed by atoms with Gasteiger partial charge in [-0.2, -0.15) is 0 Å². The van der Waals surface area contributed by atoms with Gasteiger partial charge in [-0.25, -0.2) is 9.59 Å². The number of aliphatic hydroxyl groups excluding tert-OH is 2. The topological polar surface area (TPSA) is 157 Å². The smallest absolute Gasteiger partial charge is 0.413 e. The van der Waals surface area contributed by atoms with E-state index in [9.17, 15) is 14.4 Å². The minimum atomic E-state index is -1.37. The predicted octanol–water partition coefficient (Wildman–Crippen LogP) is -0.116. The maximum absolute atomic E-state index is 11.8. The maximum Gasteiger partial charge on any atom is 0.413 e. The molecular weight excluding hydrogens is 348 g/mol. The Morgan fingerprint density at radius 2 is 1.62 bits per heavy atom. The fourth-order valence-electron chi connectivity index (χ4n) is 2.14. The SMILES string of the molecule is O=C(O)CC[C@H](NC(=O)Oc1ccc(N(CCO)CCO)cc1)C(=O)O. The van der Waals surface area contributed by atoms with Crippen molar-refractivity contribution in [2.75, 3.05) is 31.2 Å². The zero-order chi connectivity index (χ0) is 19.5. The minimum absolute atomic E-state index is 0.0897. The number of aliphatic carboxylic acids is 2. The summed E-state index contributed by atoms with van der Waals surface area (Å²) in [6.07, 6.45) is -1.69. The van der Waals surface area contributed by atoms with Crippen molar-refractivity contribution >= 4 is 23.7 Å². The summed E-state index contributed by atoms with van der Waals surface area (Å²) in [4.78, 5) is 35.1. The Morgan fingerprint density at radius 1 is 1.04 bits per heavy atom. The van der Waals surface area contributed by atoms with Gasteiger partial charge in [0.2, 0.25) is 0 Å². The molecule has 1 aromatic rings. The van der Waals surface area contributed by atoms with E-state index in [0.29, 0.717) is 18.8 Å². The van der Waals surface area contributed by atoms with Crippen LogP contribution in [0.1, 0.15) is 12.8 Å². The predicted molar refractivity (Wildman–Crippen MR) is 90.3 cm³/mol. The summed E-state index contributed by atoms with van der Waals surface area (Å²) in [5.41, 5.74) is 0.700. The molecule has 10 nitrogen and oxygen atoms in total. The van der Waals surface area contributed by atoms with E-state index in [1.165, 1.54) is 12.1 Å². The molecule has 26 heavy (non-hydrogen) atoms. The normalized spacial score (nSPS) is 11.5. The summed E-state index contributed by atoms with van der Waals surface area (Å²) in [5.74, 6) is -2.37. The molecule has 0 aliphatic heterocycles. The summed E-state index contributed by atoms with van der Waals surface area (Å²) in [6, 6.07) is 4.82. The molecule has 0 saturated heterocycles. The molecular formula is C16H22N2O8. The Kier molecular flexibility index (Phi) is 8.88. The van der Waals surface area contributed by atoms with Crippen LogP contribution < -0.4 is 15.0 Å². The number of carbonyl (C=O) groups excluding carboxylic acids is 1. The van der Waals surface area contributed by atoms with Gasteiger partial charge in [0.1, 0.15) is 11.8 Å². The van der Waals surface area contributed by atoms with Gasteiger partial charge in [-0.05, 0) is 30.7 Å². The van der Waals surface area contributed by atoms with E-state index in [4.69, 9.17) is 25.2 Å². The molecule has 0 saturated carbocycles. The summed E-state index contributed by atoms with van der Waals surface area (Å²) in [5, 5.41) is 37.7. The molecule has 0 fully saturated rings. The first-order chi connectivity index (χ1) is 12.4. The van der Waals surface area contributed by atoms with Crippen molar-refractivity contribution in [1.29, 1.82) is 0 Å². The molecule has 0 unspecified atom stereocenters. The number of carboxylic acid groups (broad SMARTS) is 2. The molecule has 0 aliphatic carbocycles. The van der Waals surface area contributed by atoms with Crippen LogP contribution in [0.15, 0.2) is 24.3 Å². The van der Waals surface area contributed by atoms with E-state index in [0.717, 1.165) is 0 Å². The van der Waals surface area contributed by atoms with Crippen molar-refractivity contribution in [2.45, 2.75) is 18.9 Å². The molecule has 0 radical (unpaired) electrons. The molecule has 0 spiro atoms. The van der Waals surface area contributed by atoms with Gasteiger partial charge < -0.3 is 35.4 Å². The standard InChI is InChI=1S/C16H22N2O8/c19-9-7-18(8-10-20)11-1-3-12(4-2-11)26-16(25)17-13(15(23)24)5-6-14(21)22/h1-4,13,19-20H,5-10H2,(H,17,25)(H,21,22)(H,23,24)/t13-/m0/s1. The Bertz CT molecular complexity index is 599. The van der Waals surface area contributed by atoms with Crippen molar-refractivity contribution in [3.63, 3.8) is 0 Å². The van der Waals surface area contributed by atoms with Crippen LogP contribution >= 0.6 is 0 Å². The third-order valence-corrected chi connectivity index (χ3v) is 3.39. The van der Waals surface area contributed by atoms with Crippen molar-refractivity contribution in [3.05, 3.63) is 24.3 Å². The van der Waals surface area contributed by atoms with Gasteiger partial charge in [0, 0.05) is 25.2 Å². The number of hydrogen-bond donors (Lipinski definition) is 5. The number of aliphatic hydroxyl groups is 2. The van der Waals surface area contributed by atoms with E-state index in [1.54, 1.807) is 17.0 Å². The van der Waals surface area contributed by atoms with Crippen molar-refractivity contribution in [2.24, 2.45) is 0 Å². The molecule has 0 aliphatic rings. The number of ether oxygens (including phenoxy) is 1. The number of nitrogens with one attached hydrogen (secondary N) is 1. The number of nitrogens with zero attached hydrogens (tertiary/aromatic N) is 1. The van der Waals surface area contributed by atoms with E-state index >= 15 is 0 Å². The highest BCUT2D eigenvalue weighted by atomic mass is 16.6. The molecule has 1 amide bonds. The summed E-state index contributed by atoms with van der Waals surface area (Å²) in [6.45, 7) is 0.470. The number of anilines is 1. The number of carbonyl (C=O) groups is 3. The lowest BCUT2D eigenvalue weighted by atomic mass is 10.1.